The molecule has 1 aliphatic rings. The van der Waals surface area contributed by atoms with E-state index in [-0.39, 0.29) is 11.9 Å². The van der Waals surface area contributed by atoms with Gasteiger partial charge in [-0.1, -0.05) is 6.07 Å². The molecule has 1 aliphatic carbocycles. The van der Waals surface area contributed by atoms with Crippen molar-refractivity contribution in [1.82, 2.24) is 5.32 Å². The Kier molecular flexibility index (Phi) is 4.90. The summed E-state index contributed by atoms with van der Waals surface area (Å²) >= 11 is 0. The van der Waals surface area contributed by atoms with Crippen LogP contribution in [0.1, 0.15) is 31.9 Å². The van der Waals surface area contributed by atoms with Crippen LogP contribution in [-0.4, -0.2) is 30.7 Å². The first-order valence-electron chi connectivity index (χ1n) is 7.31. The molecule has 1 aromatic rings. The largest absolute Gasteiger partial charge is 0.493 e. The Morgan fingerprint density at radius 3 is 2.64 bits per heavy atom. The molecule has 1 aromatic carbocycles. The van der Waals surface area contributed by atoms with Gasteiger partial charge in [0.2, 0.25) is 5.91 Å². The molecule has 0 aliphatic heterocycles. The molecule has 3 atom stereocenters. The van der Waals surface area contributed by atoms with Gasteiger partial charge in [-0.05, 0) is 38.0 Å². The average molecular weight is 307 g/mol. The highest BCUT2D eigenvalue weighted by Gasteiger charge is 2.48. The van der Waals surface area contributed by atoms with E-state index in [1.165, 1.54) is 0 Å². The summed E-state index contributed by atoms with van der Waals surface area (Å²) in [5.41, 5.74) is 0.876. The van der Waals surface area contributed by atoms with E-state index in [2.05, 4.69) is 5.32 Å². The topological polar surface area (TPSA) is 84.9 Å². The van der Waals surface area contributed by atoms with Crippen LogP contribution in [0, 0.1) is 11.8 Å². The molecule has 6 heteroatoms. The molecule has 0 bridgehead atoms. The molecule has 2 rings (SSSR count). The highest BCUT2D eigenvalue weighted by atomic mass is 16.5. The van der Waals surface area contributed by atoms with Crippen LogP contribution in [0.15, 0.2) is 18.2 Å². The molecule has 0 unspecified atom stereocenters. The third-order valence-electron chi connectivity index (χ3n) is 3.79. The minimum Gasteiger partial charge on any atom is -0.493 e. The molecule has 1 saturated carbocycles. The molecular weight excluding hydrogens is 286 g/mol. The van der Waals surface area contributed by atoms with Gasteiger partial charge in [-0.2, -0.15) is 0 Å². The van der Waals surface area contributed by atoms with Gasteiger partial charge in [-0.25, -0.2) is 0 Å². The van der Waals surface area contributed by atoms with Crippen LogP contribution in [0.25, 0.3) is 0 Å². The maximum Gasteiger partial charge on any atom is 0.307 e. The first-order chi connectivity index (χ1) is 10.5. The number of carbonyl (C=O) groups is 2. The summed E-state index contributed by atoms with van der Waals surface area (Å²) in [7, 11) is 1.56. The molecule has 1 amide bonds. The molecular formula is C16H21NO5. The zero-order chi connectivity index (χ0) is 16.3. The van der Waals surface area contributed by atoms with Crippen molar-refractivity contribution in [3.05, 3.63) is 23.8 Å². The van der Waals surface area contributed by atoms with Gasteiger partial charge in [-0.3, -0.25) is 9.59 Å². The van der Waals surface area contributed by atoms with Crippen LogP contribution < -0.4 is 14.8 Å². The smallest absolute Gasteiger partial charge is 0.307 e. The number of methoxy groups -OCH3 is 1. The van der Waals surface area contributed by atoms with Gasteiger partial charge in [0.25, 0.3) is 0 Å². The van der Waals surface area contributed by atoms with Gasteiger partial charge < -0.3 is 19.9 Å². The van der Waals surface area contributed by atoms with Gasteiger partial charge in [0.1, 0.15) is 0 Å². The highest BCUT2D eigenvalue weighted by molar-refractivity contribution is 5.89. The zero-order valence-corrected chi connectivity index (χ0v) is 13.0. The lowest BCUT2D eigenvalue weighted by Gasteiger charge is -2.17. The van der Waals surface area contributed by atoms with E-state index < -0.39 is 17.8 Å². The zero-order valence-electron chi connectivity index (χ0n) is 13.0. The summed E-state index contributed by atoms with van der Waals surface area (Å²) in [6.07, 6.45) is 0.417. The van der Waals surface area contributed by atoms with E-state index in [1.54, 1.807) is 13.2 Å². The second kappa shape index (κ2) is 6.68. The monoisotopic (exact) mass is 307 g/mol. The average Bonchev–Trinajstić information content (AvgIpc) is 3.28. The predicted molar refractivity (Wildman–Crippen MR) is 80.0 cm³/mol. The summed E-state index contributed by atoms with van der Waals surface area (Å²) < 4.78 is 10.7. The van der Waals surface area contributed by atoms with Crippen molar-refractivity contribution in [3.63, 3.8) is 0 Å². The Morgan fingerprint density at radius 1 is 1.36 bits per heavy atom. The van der Waals surface area contributed by atoms with Crippen molar-refractivity contribution in [2.75, 3.05) is 13.7 Å². The molecule has 0 aromatic heterocycles. The number of carbonyl (C=O) groups excluding carboxylic acids is 1. The number of carboxylic acid groups (broad SMARTS) is 1. The van der Waals surface area contributed by atoms with Gasteiger partial charge >= 0.3 is 5.97 Å². The Balaban J connectivity index is 2.02. The number of rotatable bonds is 7. The number of amides is 1. The number of benzene rings is 1. The minimum absolute atomic E-state index is 0.215. The van der Waals surface area contributed by atoms with E-state index in [0.717, 1.165) is 5.56 Å². The van der Waals surface area contributed by atoms with Gasteiger partial charge in [0.05, 0.1) is 31.6 Å². The Morgan fingerprint density at radius 2 is 2.09 bits per heavy atom. The van der Waals surface area contributed by atoms with Gasteiger partial charge in [-0.15, -0.1) is 0 Å². The van der Waals surface area contributed by atoms with Crippen molar-refractivity contribution in [2.24, 2.45) is 11.8 Å². The fourth-order valence-corrected chi connectivity index (χ4v) is 2.39. The van der Waals surface area contributed by atoms with E-state index >= 15 is 0 Å². The molecule has 0 heterocycles. The lowest BCUT2D eigenvalue weighted by atomic mass is 10.1. The molecule has 22 heavy (non-hydrogen) atoms. The van der Waals surface area contributed by atoms with Crippen molar-refractivity contribution in [1.29, 1.82) is 0 Å². The summed E-state index contributed by atoms with van der Waals surface area (Å²) in [6.45, 7) is 4.29. The number of nitrogens with one attached hydrogen (secondary N) is 1. The highest BCUT2D eigenvalue weighted by Crippen LogP contribution is 2.39. The lowest BCUT2D eigenvalue weighted by Crippen LogP contribution is -2.29. The number of carboxylic acids is 1. The van der Waals surface area contributed by atoms with Crippen LogP contribution in [0.5, 0.6) is 11.5 Å². The van der Waals surface area contributed by atoms with Crippen LogP contribution in [0.3, 0.4) is 0 Å². The van der Waals surface area contributed by atoms with Crippen molar-refractivity contribution >= 4 is 11.9 Å². The van der Waals surface area contributed by atoms with Crippen molar-refractivity contribution in [3.8, 4) is 11.5 Å². The lowest BCUT2D eigenvalue weighted by molar-refractivity contribution is -0.140. The number of aliphatic carboxylic acids is 1. The summed E-state index contributed by atoms with van der Waals surface area (Å²) in [4.78, 5) is 22.8. The van der Waals surface area contributed by atoms with Gasteiger partial charge in [0, 0.05) is 0 Å². The molecule has 0 radical (unpaired) electrons. The molecule has 2 N–H and O–H groups in total. The number of ether oxygens (including phenoxy) is 2. The first-order valence-corrected chi connectivity index (χ1v) is 7.31. The van der Waals surface area contributed by atoms with Crippen LogP contribution in [0.2, 0.25) is 0 Å². The number of hydrogen-bond acceptors (Lipinski definition) is 4. The summed E-state index contributed by atoms with van der Waals surface area (Å²) in [5.74, 6) is -0.814. The van der Waals surface area contributed by atoms with Crippen LogP contribution in [-0.2, 0) is 9.59 Å². The quantitative estimate of drug-likeness (QED) is 0.804. The first kappa shape index (κ1) is 16.1. The third-order valence-corrected chi connectivity index (χ3v) is 3.79. The minimum atomic E-state index is -0.907. The van der Waals surface area contributed by atoms with Crippen LogP contribution in [0.4, 0.5) is 0 Å². The van der Waals surface area contributed by atoms with E-state index in [9.17, 15) is 9.59 Å². The Hall–Kier alpha value is -2.24. The Labute approximate surface area is 129 Å². The number of hydrogen-bond donors (Lipinski definition) is 2. The maximum absolute atomic E-state index is 12.0. The molecule has 1 fully saturated rings. The second-order valence-corrected chi connectivity index (χ2v) is 5.36. The molecule has 0 saturated heterocycles. The van der Waals surface area contributed by atoms with E-state index in [0.29, 0.717) is 24.5 Å². The fraction of sp³-hybridized carbons (Fsp3) is 0.500. The third kappa shape index (κ3) is 3.50. The normalized spacial score (nSPS) is 20.9. The second-order valence-electron chi connectivity index (χ2n) is 5.36. The molecule has 0 spiro atoms. The maximum atomic E-state index is 12.0. The summed E-state index contributed by atoms with van der Waals surface area (Å²) in [5, 5.41) is 11.7. The van der Waals surface area contributed by atoms with Crippen molar-refractivity contribution in [2.45, 2.75) is 26.3 Å². The van der Waals surface area contributed by atoms with Crippen LogP contribution >= 0.6 is 0 Å². The van der Waals surface area contributed by atoms with E-state index in [1.807, 2.05) is 26.0 Å². The molecule has 120 valence electrons. The van der Waals surface area contributed by atoms with E-state index in [4.69, 9.17) is 14.6 Å². The summed E-state index contributed by atoms with van der Waals surface area (Å²) in [6, 6.07) is 5.25. The van der Waals surface area contributed by atoms with Gasteiger partial charge in [0.15, 0.2) is 11.5 Å². The fourth-order valence-electron chi connectivity index (χ4n) is 2.39. The SMILES string of the molecule is CCOc1ccc([C@H](C)NC(=O)[C@H]2C[C@@H]2C(=O)O)cc1OC. The molecule has 6 nitrogen and oxygen atoms in total. The predicted octanol–water partition coefficient (Wildman–Crippen LogP) is 1.99. The van der Waals surface area contributed by atoms with Crippen molar-refractivity contribution < 1.29 is 24.2 Å². The Bertz CT molecular complexity index is 572. The standard InChI is InChI=1S/C16H21NO5/c1-4-22-13-6-5-10(7-14(13)21-3)9(2)17-15(18)11-8-12(11)16(19)20/h5-7,9,11-12H,4,8H2,1-3H3,(H,17,18)(H,19,20)/t9-,11-,12-/m0/s1.